The monoisotopic (exact) mass is 304 g/mol. The molecular weight excluding hydrogens is 288 g/mol. The van der Waals surface area contributed by atoms with Gasteiger partial charge in [0.05, 0.1) is 4.90 Å². The number of benzene rings is 2. The van der Waals surface area contributed by atoms with Gasteiger partial charge in [-0.2, -0.15) is 0 Å². The number of carbonyl (C=O) groups excluding carboxylic acids is 1. The van der Waals surface area contributed by atoms with Crippen LogP contribution in [0.2, 0.25) is 0 Å². The molecule has 2 aromatic carbocycles. The van der Waals surface area contributed by atoms with Crippen LogP contribution in [-0.2, 0) is 10.0 Å². The van der Waals surface area contributed by atoms with Crippen LogP contribution >= 0.6 is 0 Å². The highest BCUT2D eigenvalue weighted by molar-refractivity contribution is 7.89. The van der Waals surface area contributed by atoms with Crippen molar-refractivity contribution in [2.45, 2.75) is 11.8 Å². The lowest BCUT2D eigenvalue weighted by Gasteiger charge is -2.07. The molecule has 0 spiro atoms. The van der Waals surface area contributed by atoms with Crippen LogP contribution in [0.25, 0.3) is 0 Å². The van der Waals surface area contributed by atoms with E-state index >= 15 is 0 Å². The molecule has 0 saturated carbocycles. The number of sulfonamides is 1. The maximum atomic E-state index is 12.1. The third kappa shape index (κ3) is 3.68. The van der Waals surface area contributed by atoms with Gasteiger partial charge in [0.15, 0.2) is 0 Å². The predicted molar refractivity (Wildman–Crippen MR) is 81.8 cm³/mol. The standard InChI is InChI=1S/C15H16N2O3S/c1-11-3-7-13(8-4-11)17-15(18)12-5-9-14(10-6-12)21(19,20)16-2/h3-10,16H,1-2H3,(H,17,18). The summed E-state index contributed by atoms with van der Waals surface area (Å²) < 4.78 is 25.4. The molecule has 0 aliphatic heterocycles. The first-order valence-corrected chi connectivity index (χ1v) is 7.82. The number of amides is 1. The molecule has 2 rings (SSSR count). The Morgan fingerprint density at radius 2 is 1.52 bits per heavy atom. The van der Waals surface area contributed by atoms with Gasteiger partial charge in [0.2, 0.25) is 10.0 Å². The number of hydrogen-bond donors (Lipinski definition) is 2. The van der Waals surface area contributed by atoms with E-state index < -0.39 is 10.0 Å². The fourth-order valence-electron chi connectivity index (χ4n) is 1.74. The second-order valence-electron chi connectivity index (χ2n) is 4.55. The molecule has 0 heterocycles. The number of anilines is 1. The molecule has 0 fully saturated rings. The van der Waals surface area contributed by atoms with Gasteiger partial charge >= 0.3 is 0 Å². The normalized spacial score (nSPS) is 11.1. The van der Waals surface area contributed by atoms with E-state index in [-0.39, 0.29) is 10.8 Å². The van der Waals surface area contributed by atoms with Crippen molar-refractivity contribution in [1.82, 2.24) is 4.72 Å². The number of aryl methyl sites for hydroxylation is 1. The van der Waals surface area contributed by atoms with Crippen LogP contribution in [0, 0.1) is 6.92 Å². The van der Waals surface area contributed by atoms with Crippen molar-refractivity contribution in [3.63, 3.8) is 0 Å². The van der Waals surface area contributed by atoms with Gasteiger partial charge in [-0.1, -0.05) is 17.7 Å². The van der Waals surface area contributed by atoms with Gasteiger partial charge in [-0.25, -0.2) is 13.1 Å². The van der Waals surface area contributed by atoms with Gasteiger partial charge in [0.25, 0.3) is 5.91 Å². The van der Waals surface area contributed by atoms with Crippen molar-refractivity contribution >= 4 is 21.6 Å². The topological polar surface area (TPSA) is 75.3 Å². The third-order valence-corrected chi connectivity index (χ3v) is 4.44. The van der Waals surface area contributed by atoms with Gasteiger partial charge in [0.1, 0.15) is 0 Å². The van der Waals surface area contributed by atoms with Crippen LogP contribution in [0.3, 0.4) is 0 Å². The Labute approximate surface area is 124 Å². The van der Waals surface area contributed by atoms with E-state index in [1.54, 1.807) is 0 Å². The van der Waals surface area contributed by atoms with Crippen LogP contribution in [0.1, 0.15) is 15.9 Å². The van der Waals surface area contributed by atoms with Crippen LogP contribution in [-0.4, -0.2) is 21.4 Å². The minimum absolute atomic E-state index is 0.122. The average Bonchev–Trinajstić information content (AvgIpc) is 2.49. The summed E-state index contributed by atoms with van der Waals surface area (Å²) in [6, 6.07) is 13.2. The second kappa shape index (κ2) is 6.07. The first kappa shape index (κ1) is 15.2. The van der Waals surface area contributed by atoms with Gasteiger partial charge in [-0.15, -0.1) is 0 Å². The van der Waals surface area contributed by atoms with Gasteiger partial charge < -0.3 is 5.32 Å². The first-order chi connectivity index (χ1) is 9.92. The van der Waals surface area contributed by atoms with E-state index in [4.69, 9.17) is 0 Å². The first-order valence-electron chi connectivity index (χ1n) is 6.34. The summed E-state index contributed by atoms with van der Waals surface area (Å²) >= 11 is 0. The Morgan fingerprint density at radius 3 is 2.05 bits per heavy atom. The molecule has 2 aromatic rings. The van der Waals surface area contributed by atoms with Crippen molar-refractivity contribution in [3.8, 4) is 0 Å². The van der Waals surface area contributed by atoms with Crippen LogP contribution in [0.4, 0.5) is 5.69 Å². The van der Waals surface area contributed by atoms with Gasteiger partial charge in [-0.05, 0) is 50.4 Å². The lowest BCUT2D eigenvalue weighted by atomic mass is 10.2. The van der Waals surface area contributed by atoms with E-state index in [0.29, 0.717) is 11.3 Å². The molecule has 0 bridgehead atoms. The van der Waals surface area contributed by atoms with E-state index in [1.807, 2.05) is 31.2 Å². The Kier molecular flexibility index (Phi) is 4.40. The summed E-state index contributed by atoms with van der Waals surface area (Å²) in [5.74, 6) is -0.285. The van der Waals surface area contributed by atoms with Crippen molar-refractivity contribution in [2.24, 2.45) is 0 Å². The number of hydrogen-bond acceptors (Lipinski definition) is 3. The maximum absolute atomic E-state index is 12.1. The van der Waals surface area contributed by atoms with Gasteiger partial charge in [-0.3, -0.25) is 4.79 Å². The quantitative estimate of drug-likeness (QED) is 0.909. The molecule has 0 atom stereocenters. The fourth-order valence-corrected chi connectivity index (χ4v) is 2.47. The molecule has 2 N–H and O–H groups in total. The third-order valence-electron chi connectivity index (χ3n) is 3.00. The summed E-state index contributed by atoms with van der Waals surface area (Å²) in [6.07, 6.45) is 0. The smallest absolute Gasteiger partial charge is 0.255 e. The molecule has 0 unspecified atom stereocenters. The molecule has 0 radical (unpaired) electrons. The van der Waals surface area contributed by atoms with E-state index in [2.05, 4.69) is 10.0 Å². The van der Waals surface area contributed by atoms with E-state index in [1.165, 1.54) is 31.3 Å². The molecule has 0 saturated heterocycles. The highest BCUT2D eigenvalue weighted by atomic mass is 32.2. The molecule has 6 heteroatoms. The van der Waals surface area contributed by atoms with Crippen molar-refractivity contribution in [3.05, 3.63) is 59.7 Å². The van der Waals surface area contributed by atoms with Crippen LogP contribution < -0.4 is 10.0 Å². The van der Waals surface area contributed by atoms with Crippen molar-refractivity contribution in [2.75, 3.05) is 12.4 Å². The Morgan fingerprint density at radius 1 is 0.952 bits per heavy atom. The Balaban J connectivity index is 2.15. The molecule has 110 valence electrons. The lowest BCUT2D eigenvalue weighted by Crippen LogP contribution is -2.19. The van der Waals surface area contributed by atoms with Crippen molar-refractivity contribution in [1.29, 1.82) is 0 Å². The summed E-state index contributed by atoms with van der Waals surface area (Å²) in [4.78, 5) is 12.2. The molecular formula is C15H16N2O3S. The Hall–Kier alpha value is -2.18. The van der Waals surface area contributed by atoms with Crippen molar-refractivity contribution < 1.29 is 13.2 Å². The summed E-state index contributed by atoms with van der Waals surface area (Å²) in [6.45, 7) is 1.96. The van der Waals surface area contributed by atoms with Gasteiger partial charge in [0, 0.05) is 11.3 Å². The number of nitrogens with one attached hydrogen (secondary N) is 2. The zero-order valence-electron chi connectivity index (χ0n) is 11.8. The second-order valence-corrected chi connectivity index (χ2v) is 6.44. The zero-order valence-corrected chi connectivity index (χ0v) is 12.6. The maximum Gasteiger partial charge on any atom is 0.255 e. The minimum atomic E-state index is -3.49. The highest BCUT2D eigenvalue weighted by Gasteiger charge is 2.12. The Bertz CT molecular complexity index is 735. The zero-order chi connectivity index (χ0) is 15.5. The average molecular weight is 304 g/mol. The molecule has 0 aromatic heterocycles. The summed E-state index contributed by atoms with van der Waals surface area (Å²) in [5, 5.41) is 2.75. The largest absolute Gasteiger partial charge is 0.322 e. The molecule has 21 heavy (non-hydrogen) atoms. The van der Waals surface area contributed by atoms with Crippen LogP contribution in [0.15, 0.2) is 53.4 Å². The molecule has 0 aliphatic carbocycles. The molecule has 0 aliphatic rings. The summed E-state index contributed by atoms with van der Waals surface area (Å²) in [7, 11) is -2.15. The fraction of sp³-hybridized carbons (Fsp3) is 0.133. The number of carbonyl (C=O) groups is 1. The van der Waals surface area contributed by atoms with E-state index in [0.717, 1.165) is 5.56 Å². The SMILES string of the molecule is CNS(=O)(=O)c1ccc(C(=O)Nc2ccc(C)cc2)cc1. The summed E-state index contributed by atoms with van der Waals surface area (Å²) in [5.41, 5.74) is 2.19. The molecule has 1 amide bonds. The van der Waals surface area contributed by atoms with E-state index in [9.17, 15) is 13.2 Å². The minimum Gasteiger partial charge on any atom is -0.322 e. The molecule has 5 nitrogen and oxygen atoms in total. The highest BCUT2D eigenvalue weighted by Crippen LogP contribution is 2.13. The number of rotatable bonds is 4. The lowest BCUT2D eigenvalue weighted by molar-refractivity contribution is 0.102. The van der Waals surface area contributed by atoms with Crippen LogP contribution in [0.5, 0.6) is 0 Å². The predicted octanol–water partition coefficient (Wildman–Crippen LogP) is 2.16.